The van der Waals surface area contributed by atoms with Crippen LogP contribution in [-0.2, 0) is 4.79 Å². The summed E-state index contributed by atoms with van der Waals surface area (Å²) >= 11 is 0. The normalized spacial score (nSPS) is 25.7. The molecule has 1 amide bonds. The first-order valence-corrected chi connectivity index (χ1v) is 5.66. The number of primary amides is 1. The molecule has 90 valence electrons. The lowest BCUT2D eigenvalue weighted by Gasteiger charge is -2.32. The zero-order chi connectivity index (χ0) is 12.2. The molecule has 1 saturated heterocycles. The Balaban J connectivity index is 2.38. The van der Waals surface area contributed by atoms with Crippen LogP contribution in [-0.4, -0.2) is 36.0 Å². The van der Waals surface area contributed by atoms with Gasteiger partial charge in [-0.3, -0.25) is 4.79 Å². The smallest absolute Gasteiger partial charge is 0.221 e. The number of nitriles is 1. The van der Waals surface area contributed by atoms with E-state index < -0.39 is 5.54 Å². The van der Waals surface area contributed by atoms with Gasteiger partial charge in [0.15, 0.2) is 0 Å². The Bertz CT molecular complexity index is 295. The number of carbonyl (C=O) groups excluding carboxylic acids is 1. The average molecular weight is 224 g/mol. The van der Waals surface area contributed by atoms with Crippen molar-refractivity contribution in [1.29, 1.82) is 5.26 Å². The van der Waals surface area contributed by atoms with Gasteiger partial charge >= 0.3 is 0 Å². The van der Waals surface area contributed by atoms with Crippen LogP contribution >= 0.6 is 0 Å². The first kappa shape index (κ1) is 12.9. The van der Waals surface area contributed by atoms with E-state index in [1.165, 1.54) is 0 Å². The second kappa shape index (κ2) is 5.28. The summed E-state index contributed by atoms with van der Waals surface area (Å²) in [6.45, 7) is 4.15. The quantitative estimate of drug-likeness (QED) is 0.692. The fraction of sp³-hybridized carbons (Fsp3) is 0.818. The maximum atomic E-state index is 11.1. The van der Waals surface area contributed by atoms with E-state index in [4.69, 9.17) is 16.7 Å². The van der Waals surface area contributed by atoms with Crippen molar-refractivity contribution in [3.8, 4) is 6.07 Å². The van der Waals surface area contributed by atoms with Crippen LogP contribution < -0.4 is 11.5 Å². The average Bonchev–Trinajstić information content (AvgIpc) is 2.27. The lowest BCUT2D eigenvalue weighted by Crippen LogP contribution is -2.44. The molecule has 1 aliphatic heterocycles. The molecular weight excluding hydrogens is 204 g/mol. The number of hydrogen-bond donors (Lipinski definition) is 2. The first-order valence-electron chi connectivity index (χ1n) is 5.66. The Morgan fingerprint density at radius 3 is 2.94 bits per heavy atom. The molecule has 0 spiro atoms. The highest BCUT2D eigenvalue weighted by Gasteiger charge is 2.25. The number of hydrogen-bond acceptors (Lipinski definition) is 4. The Morgan fingerprint density at radius 1 is 1.69 bits per heavy atom. The van der Waals surface area contributed by atoms with Gasteiger partial charge in [-0.1, -0.05) is 0 Å². The Morgan fingerprint density at radius 2 is 2.38 bits per heavy atom. The van der Waals surface area contributed by atoms with Gasteiger partial charge in [-0.25, -0.2) is 0 Å². The molecule has 0 aromatic carbocycles. The van der Waals surface area contributed by atoms with E-state index in [2.05, 4.69) is 11.0 Å². The van der Waals surface area contributed by atoms with E-state index in [1.807, 2.05) is 0 Å². The summed E-state index contributed by atoms with van der Waals surface area (Å²) in [6.07, 6.45) is 2.49. The predicted octanol–water partition coefficient (Wildman–Crippen LogP) is -0.185. The minimum Gasteiger partial charge on any atom is -0.369 e. The van der Waals surface area contributed by atoms with E-state index in [0.717, 1.165) is 25.9 Å². The molecule has 2 atom stereocenters. The first-order chi connectivity index (χ1) is 7.44. The number of likely N-dealkylation sites (tertiary alicyclic amines) is 1. The van der Waals surface area contributed by atoms with E-state index in [1.54, 1.807) is 6.92 Å². The number of nitrogens with two attached hydrogens (primary N) is 2. The van der Waals surface area contributed by atoms with Gasteiger partial charge in [0, 0.05) is 13.1 Å². The maximum Gasteiger partial charge on any atom is 0.221 e. The summed E-state index contributed by atoms with van der Waals surface area (Å²) in [5, 5.41) is 8.80. The van der Waals surface area contributed by atoms with Crippen molar-refractivity contribution in [3.63, 3.8) is 0 Å². The van der Waals surface area contributed by atoms with Gasteiger partial charge in [0.05, 0.1) is 12.0 Å². The molecule has 2 unspecified atom stereocenters. The molecule has 1 heterocycles. The van der Waals surface area contributed by atoms with Crippen molar-refractivity contribution in [2.24, 2.45) is 17.4 Å². The summed E-state index contributed by atoms with van der Waals surface area (Å²) < 4.78 is 0. The minimum absolute atomic E-state index is 0.0418. The zero-order valence-corrected chi connectivity index (χ0v) is 9.78. The minimum atomic E-state index is -0.778. The van der Waals surface area contributed by atoms with Gasteiger partial charge in [0.1, 0.15) is 5.54 Å². The fourth-order valence-electron chi connectivity index (χ4n) is 1.94. The lowest BCUT2D eigenvalue weighted by molar-refractivity contribution is -0.123. The number of amides is 1. The van der Waals surface area contributed by atoms with Gasteiger partial charge in [-0.2, -0.15) is 5.26 Å². The van der Waals surface area contributed by atoms with Gasteiger partial charge in [0.2, 0.25) is 5.91 Å². The van der Waals surface area contributed by atoms with Crippen LogP contribution in [0.25, 0.3) is 0 Å². The second-order valence-corrected chi connectivity index (χ2v) is 4.82. The lowest BCUT2D eigenvalue weighted by atomic mass is 9.95. The predicted molar refractivity (Wildman–Crippen MR) is 61.2 cm³/mol. The third-order valence-electron chi connectivity index (χ3n) is 3.11. The molecule has 0 bridgehead atoms. The van der Waals surface area contributed by atoms with Gasteiger partial charge in [0.25, 0.3) is 0 Å². The maximum absolute atomic E-state index is 11.1. The second-order valence-electron chi connectivity index (χ2n) is 4.82. The number of rotatable bonds is 4. The summed E-state index contributed by atoms with van der Waals surface area (Å²) in [4.78, 5) is 13.2. The van der Waals surface area contributed by atoms with Crippen LogP contribution in [0, 0.1) is 17.2 Å². The standard InChI is InChI=1S/C11H20N4O/c1-11(14,8-12)4-6-15-5-2-3-9(7-15)10(13)16/h9H,2-7,14H2,1H3,(H2,13,16). The highest BCUT2D eigenvalue weighted by atomic mass is 16.1. The Labute approximate surface area is 96.4 Å². The third kappa shape index (κ3) is 3.80. The Kier molecular flexibility index (Phi) is 4.27. The topological polar surface area (TPSA) is 96.1 Å². The van der Waals surface area contributed by atoms with Crippen LogP contribution in [0.2, 0.25) is 0 Å². The molecule has 0 saturated carbocycles. The highest BCUT2D eigenvalue weighted by molar-refractivity contribution is 5.76. The number of carbonyl (C=O) groups is 1. The monoisotopic (exact) mass is 224 g/mol. The summed E-state index contributed by atoms with van der Waals surface area (Å²) in [7, 11) is 0. The summed E-state index contributed by atoms with van der Waals surface area (Å²) in [5.74, 6) is -0.264. The fourth-order valence-corrected chi connectivity index (χ4v) is 1.94. The van der Waals surface area contributed by atoms with E-state index in [0.29, 0.717) is 13.0 Å². The Hall–Kier alpha value is -1.12. The molecular formula is C11H20N4O. The van der Waals surface area contributed by atoms with Gasteiger partial charge in [-0.05, 0) is 32.7 Å². The largest absolute Gasteiger partial charge is 0.369 e. The van der Waals surface area contributed by atoms with Crippen molar-refractivity contribution in [2.45, 2.75) is 31.7 Å². The van der Waals surface area contributed by atoms with Crippen molar-refractivity contribution < 1.29 is 4.79 Å². The molecule has 1 rings (SSSR count). The molecule has 5 nitrogen and oxygen atoms in total. The molecule has 0 aliphatic carbocycles. The molecule has 0 aromatic rings. The van der Waals surface area contributed by atoms with Gasteiger partial charge < -0.3 is 16.4 Å². The van der Waals surface area contributed by atoms with Gasteiger partial charge in [-0.15, -0.1) is 0 Å². The van der Waals surface area contributed by atoms with Crippen LogP contribution in [0.1, 0.15) is 26.2 Å². The zero-order valence-electron chi connectivity index (χ0n) is 9.78. The van der Waals surface area contributed by atoms with Crippen molar-refractivity contribution in [2.75, 3.05) is 19.6 Å². The third-order valence-corrected chi connectivity index (χ3v) is 3.11. The molecule has 0 radical (unpaired) electrons. The summed E-state index contributed by atoms with van der Waals surface area (Å²) in [5.41, 5.74) is 10.3. The number of piperidine rings is 1. The van der Waals surface area contributed by atoms with Crippen molar-refractivity contribution in [3.05, 3.63) is 0 Å². The van der Waals surface area contributed by atoms with Crippen LogP contribution in [0.15, 0.2) is 0 Å². The van der Waals surface area contributed by atoms with Crippen LogP contribution in [0.5, 0.6) is 0 Å². The van der Waals surface area contributed by atoms with Crippen LogP contribution in [0.4, 0.5) is 0 Å². The molecule has 5 heteroatoms. The highest BCUT2D eigenvalue weighted by Crippen LogP contribution is 2.17. The molecule has 16 heavy (non-hydrogen) atoms. The molecule has 1 aliphatic rings. The summed E-state index contributed by atoms with van der Waals surface area (Å²) in [6, 6.07) is 2.07. The van der Waals surface area contributed by atoms with Crippen LogP contribution in [0.3, 0.4) is 0 Å². The number of nitrogens with zero attached hydrogens (tertiary/aromatic N) is 2. The molecule has 1 fully saturated rings. The SMILES string of the molecule is CC(N)(C#N)CCN1CCCC(C(N)=O)C1. The molecule has 0 aromatic heterocycles. The van der Waals surface area contributed by atoms with Crippen molar-refractivity contribution in [1.82, 2.24) is 4.90 Å². The van der Waals surface area contributed by atoms with E-state index >= 15 is 0 Å². The van der Waals surface area contributed by atoms with Crippen molar-refractivity contribution >= 4 is 5.91 Å². The van der Waals surface area contributed by atoms with E-state index in [9.17, 15) is 4.79 Å². The molecule has 4 N–H and O–H groups in total. The van der Waals surface area contributed by atoms with E-state index in [-0.39, 0.29) is 11.8 Å².